The van der Waals surface area contributed by atoms with Crippen LogP contribution >= 0.6 is 0 Å². The first-order valence-corrected chi connectivity index (χ1v) is 8.55. The minimum atomic E-state index is -0.967. The van der Waals surface area contributed by atoms with E-state index in [1.54, 1.807) is 0 Å². The summed E-state index contributed by atoms with van der Waals surface area (Å²) in [6.45, 7) is 3.81. The van der Waals surface area contributed by atoms with Crippen LogP contribution in [0.15, 0.2) is 0 Å². The molecule has 1 aliphatic rings. The monoisotopic (exact) mass is 347 g/mol. The van der Waals surface area contributed by atoms with Crippen LogP contribution in [0.25, 0.3) is 0 Å². The lowest BCUT2D eigenvalue weighted by Crippen LogP contribution is -2.25. The molecule has 0 aromatic carbocycles. The average molecular weight is 347 g/mol. The molecule has 1 fully saturated rings. The molecule has 8 heteroatoms. The van der Waals surface area contributed by atoms with E-state index in [4.69, 9.17) is 24.1 Å². The van der Waals surface area contributed by atoms with Gasteiger partial charge in [-0.05, 0) is 25.7 Å². The van der Waals surface area contributed by atoms with Gasteiger partial charge in [0, 0.05) is 26.2 Å². The SMILES string of the molecule is O=C(O)CCC(=O)NCCCOCCOCCOC1CCCCO1. The Bertz CT molecular complexity index is 345. The van der Waals surface area contributed by atoms with Gasteiger partial charge in [0.25, 0.3) is 0 Å². The van der Waals surface area contributed by atoms with E-state index in [0.717, 1.165) is 25.9 Å². The van der Waals surface area contributed by atoms with Crippen LogP contribution in [0.4, 0.5) is 0 Å². The van der Waals surface area contributed by atoms with Crippen LogP contribution < -0.4 is 5.32 Å². The Balaban J connectivity index is 1.75. The van der Waals surface area contributed by atoms with Gasteiger partial charge in [0.1, 0.15) is 0 Å². The first-order chi connectivity index (χ1) is 11.7. The Morgan fingerprint density at radius 1 is 1.04 bits per heavy atom. The van der Waals surface area contributed by atoms with E-state index in [2.05, 4.69) is 5.32 Å². The van der Waals surface area contributed by atoms with Gasteiger partial charge in [0.2, 0.25) is 5.91 Å². The van der Waals surface area contributed by atoms with Crippen molar-refractivity contribution in [2.24, 2.45) is 0 Å². The smallest absolute Gasteiger partial charge is 0.303 e. The number of carboxylic acids is 1. The summed E-state index contributed by atoms with van der Waals surface area (Å²) >= 11 is 0. The molecular weight excluding hydrogens is 318 g/mol. The van der Waals surface area contributed by atoms with E-state index in [1.165, 1.54) is 0 Å². The summed E-state index contributed by atoms with van der Waals surface area (Å²) in [5, 5.41) is 11.1. The number of rotatable bonds is 14. The average Bonchev–Trinajstić information content (AvgIpc) is 2.58. The highest BCUT2D eigenvalue weighted by Gasteiger charge is 2.13. The number of aliphatic carboxylic acids is 1. The standard InChI is InChI=1S/C16H29NO7/c18-14(5-6-15(19)20)17-7-3-8-21-10-11-22-12-13-24-16-4-1-2-9-23-16/h16H,1-13H2,(H,17,18)(H,19,20). The fourth-order valence-corrected chi connectivity index (χ4v) is 2.11. The van der Waals surface area contributed by atoms with Gasteiger partial charge in [0.05, 0.1) is 32.8 Å². The van der Waals surface area contributed by atoms with Gasteiger partial charge < -0.3 is 29.4 Å². The third-order valence-corrected chi connectivity index (χ3v) is 3.39. The summed E-state index contributed by atoms with van der Waals surface area (Å²) in [4.78, 5) is 21.5. The normalized spacial score (nSPS) is 17.6. The molecule has 2 N–H and O–H groups in total. The van der Waals surface area contributed by atoms with Crippen LogP contribution in [-0.4, -0.2) is 69.5 Å². The molecule has 0 saturated carbocycles. The summed E-state index contributed by atoms with van der Waals surface area (Å²) < 4.78 is 21.7. The third kappa shape index (κ3) is 12.2. The summed E-state index contributed by atoms with van der Waals surface area (Å²) in [7, 11) is 0. The number of ether oxygens (including phenoxy) is 4. The number of nitrogens with one attached hydrogen (secondary N) is 1. The highest BCUT2D eigenvalue weighted by Crippen LogP contribution is 2.13. The Hall–Kier alpha value is -1.22. The predicted molar refractivity (Wildman–Crippen MR) is 85.7 cm³/mol. The van der Waals surface area contributed by atoms with Crippen LogP contribution in [-0.2, 0) is 28.5 Å². The maximum atomic E-state index is 11.2. The van der Waals surface area contributed by atoms with Gasteiger partial charge in [-0.2, -0.15) is 0 Å². The number of hydrogen-bond acceptors (Lipinski definition) is 6. The maximum absolute atomic E-state index is 11.2. The van der Waals surface area contributed by atoms with E-state index < -0.39 is 5.97 Å². The summed E-state index contributed by atoms with van der Waals surface area (Å²) in [6.07, 6.45) is 3.69. The third-order valence-electron chi connectivity index (χ3n) is 3.39. The van der Waals surface area contributed by atoms with Gasteiger partial charge in [0.15, 0.2) is 6.29 Å². The summed E-state index contributed by atoms with van der Waals surface area (Å²) in [5.74, 6) is -1.21. The summed E-state index contributed by atoms with van der Waals surface area (Å²) in [6, 6.07) is 0. The van der Waals surface area contributed by atoms with Crippen LogP contribution in [0, 0.1) is 0 Å². The summed E-state index contributed by atoms with van der Waals surface area (Å²) in [5.41, 5.74) is 0. The van der Waals surface area contributed by atoms with Crippen molar-refractivity contribution in [2.75, 3.05) is 46.2 Å². The van der Waals surface area contributed by atoms with E-state index in [9.17, 15) is 9.59 Å². The zero-order valence-electron chi connectivity index (χ0n) is 14.2. The largest absolute Gasteiger partial charge is 0.481 e. The molecule has 8 nitrogen and oxygen atoms in total. The van der Waals surface area contributed by atoms with Crippen molar-refractivity contribution in [1.29, 1.82) is 0 Å². The molecule has 0 aromatic rings. The minimum Gasteiger partial charge on any atom is -0.481 e. The van der Waals surface area contributed by atoms with Gasteiger partial charge in [-0.25, -0.2) is 0 Å². The zero-order valence-corrected chi connectivity index (χ0v) is 14.2. The van der Waals surface area contributed by atoms with Crippen molar-refractivity contribution < 1.29 is 33.6 Å². The van der Waals surface area contributed by atoms with E-state index in [-0.39, 0.29) is 25.0 Å². The molecule has 0 aromatic heterocycles. The lowest BCUT2D eigenvalue weighted by Gasteiger charge is -2.22. The Morgan fingerprint density at radius 2 is 1.79 bits per heavy atom. The fourth-order valence-electron chi connectivity index (χ4n) is 2.11. The quantitative estimate of drug-likeness (QED) is 0.451. The second kappa shape index (κ2) is 14.2. The van der Waals surface area contributed by atoms with Gasteiger partial charge >= 0.3 is 5.97 Å². The molecule has 1 amide bonds. The van der Waals surface area contributed by atoms with Crippen LogP contribution in [0.5, 0.6) is 0 Å². The molecule has 1 atom stereocenters. The molecule has 24 heavy (non-hydrogen) atoms. The predicted octanol–water partition coefficient (Wildman–Crippen LogP) is 0.934. The highest BCUT2D eigenvalue weighted by molar-refractivity contribution is 5.80. The highest BCUT2D eigenvalue weighted by atomic mass is 16.7. The van der Waals surface area contributed by atoms with E-state index >= 15 is 0 Å². The number of carbonyl (C=O) groups is 2. The minimum absolute atomic E-state index is 0.0119. The van der Waals surface area contributed by atoms with E-state index in [1.807, 2.05) is 0 Å². The number of carbonyl (C=O) groups excluding carboxylic acids is 1. The molecule has 0 bridgehead atoms. The first-order valence-electron chi connectivity index (χ1n) is 8.55. The molecule has 1 saturated heterocycles. The fraction of sp³-hybridized carbons (Fsp3) is 0.875. The van der Waals surface area contributed by atoms with Gasteiger partial charge in [-0.15, -0.1) is 0 Å². The van der Waals surface area contributed by atoms with E-state index in [0.29, 0.717) is 46.0 Å². The molecule has 140 valence electrons. The first kappa shape index (κ1) is 20.8. The number of carboxylic acid groups (broad SMARTS) is 1. The van der Waals surface area contributed by atoms with Crippen molar-refractivity contribution in [2.45, 2.75) is 44.8 Å². The van der Waals surface area contributed by atoms with Crippen molar-refractivity contribution in [3.05, 3.63) is 0 Å². The lowest BCUT2D eigenvalue weighted by atomic mass is 10.2. The van der Waals surface area contributed by atoms with Crippen LogP contribution in [0.3, 0.4) is 0 Å². The van der Waals surface area contributed by atoms with Crippen molar-refractivity contribution in [1.82, 2.24) is 5.32 Å². The second-order valence-corrected chi connectivity index (χ2v) is 5.49. The molecular formula is C16H29NO7. The molecule has 0 aliphatic carbocycles. The Morgan fingerprint density at radius 3 is 2.50 bits per heavy atom. The van der Waals surface area contributed by atoms with Crippen LogP contribution in [0.2, 0.25) is 0 Å². The van der Waals surface area contributed by atoms with Gasteiger partial charge in [-0.3, -0.25) is 9.59 Å². The molecule has 0 radical (unpaired) electrons. The Labute approximate surface area is 142 Å². The zero-order chi connectivity index (χ0) is 17.5. The van der Waals surface area contributed by atoms with Crippen molar-refractivity contribution in [3.63, 3.8) is 0 Å². The second-order valence-electron chi connectivity index (χ2n) is 5.49. The molecule has 1 rings (SSSR count). The number of amides is 1. The lowest BCUT2D eigenvalue weighted by molar-refractivity contribution is -0.169. The molecule has 1 heterocycles. The maximum Gasteiger partial charge on any atom is 0.303 e. The molecule has 1 aliphatic heterocycles. The van der Waals surface area contributed by atoms with Crippen LogP contribution in [0.1, 0.15) is 38.5 Å². The van der Waals surface area contributed by atoms with Crippen molar-refractivity contribution >= 4 is 11.9 Å². The topological polar surface area (TPSA) is 103 Å². The Kier molecular flexibility index (Phi) is 12.3. The molecule has 0 spiro atoms. The number of hydrogen-bond donors (Lipinski definition) is 2. The molecule has 1 unspecified atom stereocenters. The van der Waals surface area contributed by atoms with Gasteiger partial charge in [-0.1, -0.05) is 0 Å². The van der Waals surface area contributed by atoms with Crippen molar-refractivity contribution in [3.8, 4) is 0 Å².